The highest BCUT2D eigenvalue weighted by atomic mass is 16.4. The van der Waals surface area contributed by atoms with Crippen LogP contribution in [0.25, 0.3) is 0 Å². The lowest BCUT2D eigenvalue weighted by molar-refractivity contribution is -0.137. The van der Waals surface area contributed by atoms with E-state index in [1.807, 2.05) is 11.8 Å². The second kappa shape index (κ2) is 4.47. The van der Waals surface area contributed by atoms with Gasteiger partial charge in [0, 0.05) is 25.0 Å². The smallest absolute Gasteiger partial charge is 0.305 e. The topological polar surface area (TPSA) is 66.3 Å². The summed E-state index contributed by atoms with van der Waals surface area (Å²) in [5.41, 5.74) is 1.01. The fourth-order valence-electron chi connectivity index (χ4n) is 2.05. The van der Waals surface area contributed by atoms with Crippen molar-refractivity contribution in [3.63, 3.8) is 0 Å². The minimum Gasteiger partial charge on any atom is -0.481 e. The number of rotatable bonds is 3. The SMILES string of the molecule is Cc1cnc(N2CCCC2CC(=O)O)nc1. The number of hydrogen-bond acceptors (Lipinski definition) is 4. The van der Waals surface area contributed by atoms with Crippen LogP contribution in [0.1, 0.15) is 24.8 Å². The molecule has 1 saturated heterocycles. The molecule has 1 N–H and O–H groups in total. The first-order valence-electron chi connectivity index (χ1n) is 5.44. The van der Waals surface area contributed by atoms with Crippen LogP contribution in [0.15, 0.2) is 12.4 Å². The summed E-state index contributed by atoms with van der Waals surface area (Å²) in [6.45, 7) is 2.78. The predicted molar refractivity (Wildman–Crippen MR) is 59.4 cm³/mol. The van der Waals surface area contributed by atoms with Crippen LogP contribution in [-0.4, -0.2) is 33.6 Å². The van der Waals surface area contributed by atoms with Crippen LogP contribution in [0, 0.1) is 6.92 Å². The molecule has 1 aliphatic rings. The summed E-state index contributed by atoms with van der Waals surface area (Å²) in [4.78, 5) is 21.2. The van der Waals surface area contributed by atoms with Crippen molar-refractivity contribution in [3.8, 4) is 0 Å². The highest BCUT2D eigenvalue weighted by Crippen LogP contribution is 2.24. The summed E-state index contributed by atoms with van der Waals surface area (Å²) in [7, 11) is 0. The monoisotopic (exact) mass is 221 g/mol. The second-order valence-electron chi connectivity index (χ2n) is 4.15. The quantitative estimate of drug-likeness (QED) is 0.831. The Bertz CT molecular complexity index is 377. The number of carboxylic acid groups (broad SMARTS) is 1. The molecule has 0 amide bonds. The van der Waals surface area contributed by atoms with Crippen LogP contribution < -0.4 is 4.90 Å². The van der Waals surface area contributed by atoms with Gasteiger partial charge in [-0.3, -0.25) is 4.79 Å². The van der Waals surface area contributed by atoms with Crippen molar-refractivity contribution in [3.05, 3.63) is 18.0 Å². The third-order valence-corrected chi connectivity index (χ3v) is 2.81. The van der Waals surface area contributed by atoms with Gasteiger partial charge in [-0.2, -0.15) is 0 Å². The van der Waals surface area contributed by atoms with Crippen molar-refractivity contribution < 1.29 is 9.90 Å². The van der Waals surface area contributed by atoms with E-state index in [9.17, 15) is 4.79 Å². The van der Waals surface area contributed by atoms with Crippen LogP contribution >= 0.6 is 0 Å². The van der Waals surface area contributed by atoms with Gasteiger partial charge in [0.05, 0.1) is 6.42 Å². The lowest BCUT2D eigenvalue weighted by Gasteiger charge is -2.23. The Balaban J connectivity index is 2.13. The Kier molecular flexibility index (Phi) is 3.03. The van der Waals surface area contributed by atoms with E-state index in [-0.39, 0.29) is 12.5 Å². The third-order valence-electron chi connectivity index (χ3n) is 2.81. The largest absolute Gasteiger partial charge is 0.481 e. The molecule has 1 unspecified atom stereocenters. The highest BCUT2D eigenvalue weighted by Gasteiger charge is 2.28. The van der Waals surface area contributed by atoms with Gasteiger partial charge in [0.25, 0.3) is 0 Å². The van der Waals surface area contributed by atoms with Gasteiger partial charge in [0.1, 0.15) is 0 Å². The molecule has 1 fully saturated rings. The molecule has 2 rings (SSSR count). The molecular weight excluding hydrogens is 206 g/mol. The van der Waals surface area contributed by atoms with Crippen molar-refractivity contribution >= 4 is 11.9 Å². The molecule has 0 spiro atoms. The Labute approximate surface area is 94.1 Å². The third kappa shape index (κ3) is 2.29. The molecule has 86 valence electrons. The number of aliphatic carboxylic acids is 1. The average molecular weight is 221 g/mol. The number of carbonyl (C=O) groups is 1. The summed E-state index contributed by atoms with van der Waals surface area (Å²) >= 11 is 0. The molecule has 16 heavy (non-hydrogen) atoms. The summed E-state index contributed by atoms with van der Waals surface area (Å²) < 4.78 is 0. The molecule has 0 radical (unpaired) electrons. The van der Waals surface area contributed by atoms with Crippen LogP contribution in [-0.2, 0) is 4.79 Å². The normalized spacial score (nSPS) is 20.1. The first-order valence-corrected chi connectivity index (χ1v) is 5.44. The number of nitrogens with zero attached hydrogens (tertiary/aromatic N) is 3. The van der Waals surface area contributed by atoms with E-state index in [1.54, 1.807) is 12.4 Å². The molecule has 0 aliphatic carbocycles. The van der Waals surface area contributed by atoms with Gasteiger partial charge in [-0.25, -0.2) is 9.97 Å². The Morgan fingerprint density at radius 3 is 2.88 bits per heavy atom. The number of hydrogen-bond donors (Lipinski definition) is 1. The molecule has 2 heterocycles. The van der Waals surface area contributed by atoms with Gasteiger partial charge >= 0.3 is 5.97 Å². The lowest BCUT2D eigenvalue weighted by atomic mass is 10.1. The minimum absolute atomic E-state index is 0.0419. The maximum absolute atomic E-state index is 10.7. The van der Waals surface area contributed by atoms with Gasteiger partial charge in [0.15, 0.2) is 0 Å². The zero-order chi connectivity index (χ0) is 11.5. The molecule has 0 bridgehead atoms. The summed E-state index contributed by atoms with van der Waals surface area (Å²) in [5.74, 6) is -0.113. The van der Waals surface area contributed by atoms with Crippen molar-refractivity contribution in [2.75, 3.05) is 11.4 Å². The molecule has 1 aromatic rings. The van der Waals surface area contributed by atoms with Crippen LogP contribution in [0.5, 0.6) is 0 Å². The number of aryl methyl sites for hydroxylation is 1. The highest BCUT2D eigenvalue weighted by molar-refractivity contribution is 5.68. The maximum Gasteiger partial charge on any atom is 0.305 e. The van der Waals surface area contributed by atoms with Gasteiger partial charge < -0.3 is 10.0 Å². The Morgan fingerprint density at radius 1 is 1.56 bits per heavy atom. The number of carboxylic acids is 1. The van der Waals surface area contributed by atoms with Crippen LogP contribution in [0.2, 0.25) is 0 Å². The van der Waals surface area contributed by atoms with E-state index in [0.29, 0.717) is 5.95 Å². The first kappa shape index (κ1) is 10.9. The lowest BCUT2D eigenvalue weighted by Crippen LogP contribution is -2.32. The van der Waals surface area contributed by atoms with E-state index >= 15 is 0 Å². The molecule has 0 saturated carbocycles. The van der Waals surface area contributed by atoms with Crippen molar-refractivity contribution in [2.24, 2.45) is 0 Å². The van der Waals surface area contributed by atoms with Gasteiger partial charge in [0.2, 0.25) is 5.95 Å². The van der Waals surface area contributed by atoms with E-state index in [2.05, 4.69) is 9.97 Å². The predicted octanol–water partition coefficient (Wildman–Crippen LogP) is 1.23. The first-order chi connectivity index (χ1) is 7.66. The van der Waals surface area contributed by atoms with E-state index < -0.39 is 5.97 Å². The molecule has 0 aromatic carbocycles. The van der Waals surface area contributed by atoms with Gasteiger partial charge in [-0.1, -0.05) is 0 Å². The molecule has 5 nitrogen and oxygen atoms in total. The summed E-state index contributed by atoms with van der Waals surface area (Å²) in [5, 5.41) is 8.82. The average Bonchev–Trinajstić information content (AvgIpc) is 2.66. The number of aromatic nitrogens is 2. The molecular formula is C11H15N3O2. The fourth-order valence-corrected chi connectivity index (χ4v) is 2.05. The zero-order valence-electron chi connectivity index (χ0n) is 9.26. The number of anilines is 1. The van der Waals surface area contributed by atoms with Crippen LogP contribution in [0.3, 0.4) is 0 Å². The summed E-state index contributed by atoms with van der Waals surface area (Å²) in [6, 6.07) is 0.0419. The fraction of sp³-hybridized carbons (Fsp3) is 0.545. The molecule has 1 aliphatic heterocycles. The molecule has 1 aromatic heterocycles. The zero-order valence-corrected chi connectivity index (χ0v) is 9.26. The Morgan fingerprint density at radius 2 is 2.25 bits per heavy atom. The second-order valence-corrected chi connectivity index (χ2v) is 4.15. The molecule has 5 heteroatoms. The summed E-state index contributed by atoms with van der Waals surface area (Å²) in [6.07, 6.45) is 5.60. The standard InChI is InChI=1S/C11H15N3O2/c1-8-6-12-11(13-7-8)14-4-2-3-9(14)5-10(15)16/h6-7,9H,2-5H2,1H3,(H,15,16). The maximum atomic E-state index is 10.7. The van der Waals surface area contributed by atoms with Gasteiger partial charge in [-0.15, -0.1) is 0 Å². The Hall–Kier alpha value is -1.65. The van der Waals surface area contributed by atoms with Crippen molar-refractivity contribution in [1.82, 2.24) is 9.97 Å². The molecule has 1 atom stereocenters. The van der Waals surface area contributed by atoms with Crippen molar-refractivity contribution in [1.29, 1.82) is 0 Å². The van der Waals surface area contributed by atoms with Gasteiger partial charge in [-0.05, 0) is 25.3 Å². The van der Waals surface area contributed by atoms with Crippen molar-refractivity contribution in [2.45, 2.75) is 32.2 Å². The van der Waals surface area contributed by atoms with E-state index in [1.165, 1.54) is 0 Å². The van der Waals surface area contributed by atoms with E-state index in [0.717, 1.165) is 24.9 Å². The minimum atomic E-state index is -0.760. The van der Waals surface area contributed by atoms with Crippen LogP contribution in [0.4, 0.5) is 5.95 Å². The van der Waals surface area contributed by atoms with E-state index in [4.69, 9.17) is 5.11 Å².